The minimum absolute atomic E-state index is 0. The number of amides is 2. The molecular weight excluding hydrogens is 1550 g/mol. The summed E-state index contributed by atoms with van der Waals surface area (Å²) in [4.78, 5) is 136. The zero-order chi connectivity index (χ0) is 83.1. The maximum absolute atomic E-state index is 14.0. The Hall–Kier alpha value is -7.68. The van der Waals surface area contributed by atoms with Crippen LogP contribution in [0.25, 0.3) is 33.1 Å². The van der Waals surface area contributed by atoms with E-state index in [9.17, 15) is 53.4 Å². The average molecular weight is 1690 g/mol. The van der Waals surface area contributed by atoms with Crippen LogP contribution in [0.5, 0.6) is 0 Å². The lowest BCUT2D eigenvalue weighted by atomic mass is 9.89. The van der Waals surface area contributed by atoms with E-state index < -0.39 is 59.0 Å². The molecule has 6 N–H and O–H groups in total. The third kappa shape index (κ3) is 22.8. The first-order chi connectivity index (χ1) is 56.4. The normalized spacial score (nSPS) is 24.8. The fourth-order valence-corrected chi connectivity index (χ4v) is 21.9. The molecule has 654 valence electrons. The molecule has 25 nitrogen and oxygen atoms in total. The van der Waals surface area contributed by atoms with Crippen molar-refractivity contribution in [1.29, 1.82) is 0 Å². The van der Waals surface area contributed by atoms with Crippen LogP contribution in [0, 0.1) is 17.8 Å². The van der Waals surface area contributed by atoms with Crippen LogP contribution in [-0.4, -0.2) is 176 Å². The first-order valence-corrected chi connectivity index (χ1v) is 44.8. The highest BCUT2D eigenvalue weighted by atomic mass is 35.5. The Kier molecular flexibility index (Phi) is 34.5. The molecule has 9 aliphatic rings. The van der Waals surface area contributed by atoms with Crippen molar-refractivity contribution in [1.82, 2.24) is 54.0 Å². The molecule has 119 heavy (non-hydrogen) atoms. The summed E-state index contributed by atoms with van der Waals surface area (Å²) >= 11 is 0. The number of hydrogen-bond donors (Lipinski definition) is 5. The van der Waals surface area contributed by atoms with E-state index >= 15 is 0 Å². The molecule has 6 unspecified atom stereocenters. The van der Waals surface area contributed by atoms with Gasteiger partial charge in [-0.15, -0.1) is 24.8 Å². The predicted molar refractivity (Wildman–Crippen MR) is 469 cm³/mol. The van der Waals surface area contributed by atoms with Crippen molar-refractivity contribution in [3.05, 3.63) is 121 Å². The SMILES string of the molecule is CC(C)CC(NC(=O)c1nc2ccccc2n(C2C[C@H]3CC[C@@H](C2)N3C2CCCCCCC2)c1=O)C(=O)O.COC(=O)C(CC(C)C)NC(=O)c1nc2ccccc2n(C2C[C@H]3CC[C@@H](C2)N3C2CCCCCCC2)c1=O.COC(=O)C(N)CC(C)C.Cl.Cl.O=C(O)c1nc2ccccc2n(C2C[C@H]3CC[C@@H](C2)N3C2CCCCCCC2)c1=O. The number of fused-ring (bicyclic) bond motifs is 9. The molecule has 15 rings (SSSR count). The van der Waals surface area contributed by atoms with Gasteiger partial charge in [0.25, 0.3) is 28.5 Å². The number of aromatic carboxylic acids is 1. The average Bonchev–Trinajstić information content (AvgIpc) is 1.75. The summed E-state index contributed by atoms with van der Waals surface area (Å²) in [6.07, 6.45) is 41.8. The van der Waals surface area contributed by atoms with Gasteiger partial charge < -0.3 is 49.8 Å². The number of carboxylic acids is 2. The monoisotopic (exact) mass is 1680 g/mol. The second kappa shape index (κ2) is 43.9. The number of esters is 2. The Bertz CT molecular complexity index is 4540. The number of benzene rings is 3. The number of rotatable bonds is 20. The molecule has 6 saturated heterocycles. The molecule has 3 aliphatic carbocycles. The smallest absolute Gasteiger partial charge is 0.360 e. The van der Waals surface area contributed by atoms with Gasteiger partial charge in [0, 0.05) is 72.5 Å². The number of methoxy groups -OCH3 is 2. The molecule has 3 saturated carbocycles. The lowest BCUT2D eigenvalue weighted by Crippen LogP contribution is -2.51. The summed E-state index contributed by atoms with van der Waals surface area (Å²) in [5.41, 5.74) is 7.56. The highest BCUT2D eigenvalue weighted by Gasteiger charge is 2.49. The number of carboxylic acid groups (broad SMARTS) is 2. The van der Waals surface area contributed by atoms with E-state index in [0.29, 0.717) is 89.7 Å². The summed E-state index contributed by atoms with van der Waals surface area (Å²) in [6, 6.07) is 25.1. The number of hydrogen-bond acceptors (Lipinski definition) is 18. The number of carbonyl (C=O) groups is 6. The number of piperidine rings is 3. The Morgan fingerprint density at radius 3 is 0.933 bits per heavy atom. The maximum Gasteiger partial charge on any atom is 0.360 e. The summed E-state index contributed by atoms with van der Waals surface area (Å²) in [7, 11) is 2.66. The number of nitrogens with one attached hydrogen (secondary N) is 2. The zero-order valence-corrected chi connectivity index (χ0v) is 73.2. The molecule has 3 aromatic carbocycles. The van der Waals surface area contributed by atoms with Crippen molar-refractivity contribution in [2.24, 2.45) is 23.5 Å². The number of ether oxygens (including phenoxy) is 2. The summed E-state index contributed by atoms with van der Waals surface area (Å²) in [6.45, 7) is 11.8. The Balaban J connectivity index is 0.000000177. The number of para-hydroxylation sites is 6. The highest BCUT2D eigenvalue weighted by Crippen LogP contribution is 2.48. The van der Waals surface area contributed by atoms with E-state index in [1.807, 2.05) is 113 Å². The molecule has 9 fully saturated rings. The lowest BCUT2D eigenvalue weighted by molar-refractivity contribution is -0.143. The molecule has 6 bridgehead atoms. The molecular formula is C92H134Cl2N12O13. The van der Waals surface area contributed by atoms with Gasteiger partial charge in [-0.3, -0.25) is 43.5 Å². The van der Waals surface area contributed by atoms with Crippen molar-refractivity contribution >= 4 is 93.6 Å². The molecule has 0 spiro atoms. The molecule has 9 heterocycles. The number of aromatic nitrogens is 6. The predicted octanol–water partition coefficient (Wildman–Crippen LogP) is 15.7. The minimum Gasteiger partial charge on any atom is -0.480 e. The Morgan fingerprint density at radius 2 is 0.647 bits per heavy atom. The number of halogens is 2. The van der Waals surface area contributed by atoms with Crippen molar-refractivity contribution in [3.8, 4) is 0 Å². The first kappa shape index (κ1) is 93.6. The third-order valence-corrected chi connectivity index (χ3v) is 26.9. The van der Waals surface area contributed by atoms with E-state index in [4.69, 9.17) is 10.5 Å². The number of aliphatic carboxylic acids is 1. The second-order valence-electron chi connectivity index (χ2n) is 36.5. The van der Waals surface area contributed by atoms with Crippen molar-refractivity contribution in [2.75, 3.05) is 14.2 Å². The Labute approximate surface area is 714 Å². The second-order valence-corrected chi connectivity index (χ2v) is 36.5. The van der Waals surface area contributed by atoms with Crippen LogP contribution in [0.15, 0.2) is 87.2 Å². The van der Waals surface area contributed by atoms with Gasteiger partial charge in [0.2, 0.25) is 5.69 Å². The number of nitrogens with zero attached hydrogens (tertiary/aromatic N) is 9. The van der Waals surface area contributed by atoms with Crippen LogP contribution < -0.4 is 33.0 Å². The zero-order valence-electron chi connectivity index (χ0n) is 71.6. The van der Waals surface area contributed by atoms with E-state index in [2.05, 4.69) is 45.0 Å². The van der Waals surface area contributed by atoms with Crippen molar-refractivity contribution < 1.29 is 48.5 Å². The standard InChI is InChI=1S/C31H44N4O4.C30H42N4O4.C24H31N3O3.C7H15NO2.2ClH/c1-20(2)17-26(31(38)39-3)33-29(36)28-30(37)35(27-14-10-9-13-25(27)32-28)24-18-22-15-16-23(19-24)34(22)21-11-7-5-4-6-8-12-21;1-19(2)16-25(30(37)38)32-28(35)27-29(36)34(26-13-9-8-12-24(26)31-27)23-17-21-14-15-22(18-23)33(21)20-10-6-4-3-5-7-11-20;28-23-22(24(29)30)25-20-10-6-7-11-21(20)27(23)19-14-17-12-13-18(15-19)26(17)16-8-4-2-1-3-5-9-16;1-5(2)4-6(8)7(9)10-3;;/h9-10,13-14,20-24,26H,4-8,11-12,15-19H2,1-3H3,(H,33,36);8-9,12-13,19-23,25H,3-7,10-11,14-18H2,1-2H3,(H,32,35)(H,37,38);6-7,10-11,16-19H,1-5,8-9,12-15H2,(H,29,30);5-6H,4,8H2,1-3H3;2*1H/t22-,23+,24?,26?;21-,22+,23?,25?;17-,18+,19?;;;. The quantitative estimate of drug-likeness (QED) is 0.0443. The molecule has 0 radical (unpaired) electrons. The van der Waals surface area contributed by atoms with Gasteiger partial charge in [-0.25, -0.2) is 29.3 Å². The highest BCUT2D eigenvalue weighted by molar-refractivity contribution is 5.97. The van der Waals surface area contributed by atoms with E-state index in [1.54, 1.807) is 15.2 Å². The fourth-order valence-electron chi connectivity index (χ4n) is 21.9. The molecule has 2 amide bonds. The maximum atomic E-state index is 14.0. The van der Waals surface area contributed by atoms with Crippen LogP contribution in [0.1, 0.15) is 322 Å². The van der Waals surface area contributed by atoms with Gasteiger partial charge in [0.1, 0.15) is 18.1 Å². The van der Waals surface area contributed by atoms with Crippen LogP contribution >= 0.6 is 24.8 Å². The minimum atomic E-state index is -1.24. The molecule has 6 aliphatic heterocycles. The third-order valence-electron chi connectivity index (χ3n) is 26.9. The van der Waals surface area contributed by atoms with Crippen molar-refractivity contribution in [2.45, 2.75) is 363 Å². The summed E-state index contributed by atoms with van der Waals surface area (Å²) in [5.74, 6) is -3.84. The largest absolute Gasteiger partial charge is 0.480 e. The number of nitrogens with two attached hydrogens (primary N) is 1. The molecule has 3 aromatic heterocycles. The van der Waals surface area contributed by atoms with E-state index in [1.165, 1.54) is 175 Å². The molecule has 12 atom stereocenters. The van der Waals surface area contributed by atoms with Crippen LogP contribution in [0.2, 0.25) is 0 Å². The van der Waals surface area contributed by atoms with Crippen LogP contribution in [0.3, 0.4) is 0 Å². The van der Waals surface area contributed by atoms with Gasteiger partial charge in [-0.1, -0.05) is 174 Å². The lowest BCUT2D eigenvalue weighted by Gasteiger charge is -2.45. The number of carbonyl (C=O) groups excluding carboxylic acids is 4. The van der Waals surface area contributed by atoms with E-state index in [-0.39, 0.29) is 89.8 Å². The van der Waals surface area contributed by atoms with Gasteiger partial charge in [-0.05, 0) is 189 Å². The van der Waals surface area contributed by atoms with Crippen LogP contribution in [-0.2, 0) is 23.9 Å². The fraction of sp³-hybridized carbons (Fsp3) is 0.674. The summed E-state index contributed by atoms with van der Waals surface area (Å²) < 4.78 is 14.8. The summed E-state index contributed by atoms with van der Waals surface area (Å²) in [5, 5.41) is 24.5. The topological polar surface area (TPSA) is 326 Å². The molecule has 27 heteroatoms. The van der Waals surface area contributed by atoms with Crippen molar-refractivity contribution in [3.63, 3.8) is 0 Å². The van der Waals surface area contributed by atoms with Gasteiger partial charge in [0.15, 0.2) is 11.4 Å². The van der Waals surface area contributed by atoms with Gasteiger partial charge in [-0.2, -0.15) is 0 Å². The van der Waals surface area contributed by atoms with E-state index in [0.717, 1.165) is 67.9 Å². The molecule has 6 aromatic rings. The van der Waals surface area contributed by atoms with Gasteiger partial charge >= 0.3 is 23.9 Å². The van der Waals surface area contributed by atoms with Gasteiger partial charge in [0.05, 0.1) is 47.3 Å². The Morgan fingerprint density at radius 1 is 0.378 bits per heavy atom. The van der Waals surface area contributed by atoms with Crippen LogP contribution in [0.4, 0.5) is 0 Å². The first-order valence-electron chi connectivity index (χ1n) is 44.8.